The summed E-state index contributed by atoms with van der Waals surface area (Å²) in [6, 6.07) is 25.4. The first-order valence-corrected chi connectivity index (χ1v) is 8.74. The van der Waals surface area contributed by atoms with Gasteiger partial charge in [0.05, 0.1) is 6.54 Å². The Morgan fingerprint density at radius 2 is 1.48 bits per heavy atom. The number of hydroxylamine groups is 2. The van der Waals surface area contributed by atoms with Crippen LogP contribution in [0.25, 0.3) is 0 Å². The van der Waals surface area contributed by atoms with Crippen molar-refractivity contribution in [3.63, 3.8) is 0 Å². The van der Waals surface area contributed by atoms with E-state index in [9.17, 15) is 10.0 Å². The molecular weight excluding hydrogens is 340 g/mol. The number of aldehydes is 1. The van der Waals surface area contributed by atoms with E-state index in [4.69, 9.17) is 4.74 Å². The molecule has 3 aromatic carbocycles. The van der Waals surface area contributed by atoms with Gasteiger partial charge in [-0.05, 0) is 47.5 Å². The van der Waals surface area contributed by atoms with Crippen LogP contribution >= 0.6 is 0 Å². The average molecular weight is 362 g/mol. The van der Waals surface area contributed by atoms with E-state index in [2.05, 4.69) is 5.32 Å². The van der Waals surface area contributed by atoms with Crippen LogP contribution in [-0.2, 0) is 17.9 Å². The summed E-state index contributed by atoms with van der Waals surface area (Å²) in [5, 5.41) is 14.0. The summed E-state index contributed by atoms with van der Waals surface area (Å²) >= 11 is 0. The molecule has 0 aliphatic heterocycles. The van der Waals surface area contributed by atoms with Crippen LogP contribution in [0.4, 0.5) is 11.4 Å². The van der Waals surface area contributed by atoms with Crippen LogP contribution in [0.2, 0.25) is 0 Å². The molecule has 3 rings (SSSR count). The maximum Gasteiger partial charge on any atom is 0.136 e. The van der Waals surface area contributed by atoms with Crippen molar-refractivity contribution in [3.05, 3.63) is 90.0 Å². The lowest BCUT2D eigenvalue weighted by molar-refractivity contribution is -0.127. The number of anilines is 2. The maximum absolute atomic E-state index is 10.5. The fraction of sp³-hybridized carbons (Fsp3) is 0.136. The van der Waals surface area contributed by atoms with Crippen molar-refractivity contribution < 1.29 is 14.7 Å². The zero-order chi connectivity index (χ0) is 18.9. The van der Waals surface area contributed by atoms with Gasteiger partial charge in [-0.1, -0.05) is 42.5 Å². The molecular formula is C22H22N2O3. The van der Waals surface area contributed by atoms with E-state index in [0.717, 1.165) is 33.3 Å². The van der Waals surface area contributed by atoms with Crippen molar-refractivity contribution >= 4 is 17.7 Å². The summed E-state index contributed by atoms with van der Waals surface area (Å²) in [6.07, 6.45) is 0.671. The van der Waals surface area contributed by atoms with Gasteiger partial charge in [-0.15, -0.1) is 0 Å². The highest BCUT2D eigenvalue weighted by molar-refractivity contribution is 5.60. The lowest BCUT2D eigenvalue weighted by Crippen LogP contribution is -2.21. The van der Waals surface area contributed by atoms with Crippen molar-refractivity contribution in [2.75, 3.05) is 11.9 Å². The Bertz CT molecular complexity index is 851. The van der Waals surface area contributed by atoms with Gasteiger partial charge in [-0.25, -0.2) is 0 Å². The van der Waals surface area contributed by atoms with Crippen molar-refractivity contribution in [1.82, 2.24) is 5.06 Å². The second-order valence-corrected chi connectivity index (χ2v) is 6.09. The number of nitrogens with one attached hydrogen (secondary N) is 1. The van der Waals surface area contributed by atoms with Gasteiger partial charge in [-0.2, -0.15) is 5.06 Å². The van der Waals surface area contributed by atoms with Crippen LogP contribution in [0.3, 0.4) is 0 Å². The summed E-state index contributed by atoms with van der Waals surface area (Å²) in [5.74, 6) is 0.761. The third-order valence-corrected chi connectivity index (χ3v) is 4.07. The van der Waals surface area contributed by atoms with Crippen LogP contribution in [0.5, 0.6) is 5.75 Å². The maximum atomic E-state index is 10.5. The molecule has 2 N–H and O–H groups in total. The molecule has 27 heavy (non-hydrogen) atoms. The van der Waals surface area contributed by atoms with Gasteiger partial charge in [-0.3, -0.25) is 0 Å². The average Bonchev–Trinajstić information content (AvgIpc) is 2.69. The van der Waals surface area contributed by atoms with Crippen LogP contribution in [0.15, 0.2) is 78.9 Å². The van der Waals surface area contributed by atoms with Crippen molar-refractivity contribution in [2.24, 2.45) is 0 Å². The molecule has 0 saturated carbocycles. The number of para-hydroxylation sites is 1. The Labute approximate surface area is 158 Å². The van der Waals surface area contributed by atoms with Crippen LogP contribution in [-0.4, -0.2) is 23.1 Å². The highest BCUT2D eigenvalue weighted by Crippen LogP contribution is 2.21. The number of carbonyl (C=O) groups excluding carboxylic acids is 1. The summed E-state index contributed by atoms with van der Waals surface area (Å²) in [6.45, 7) is 0.639. The molecule has 5 nitrogen and oxygen atoms in total. The number of hydrogen-bond donors (Lipinski definition) is 2. The van der Waals surface area contributed by atoms with E-state index in [1.165, 1.54) is 0 Å². The number of benzene rings is 3. The molecule has 138 valence electrons. The third-order valence-electron chi connectivity index (χ3n) is 4.07. The molecule has 0 radical (unpaired) electrons. The molecule has 0 bridgehead atoms. The lowest BCUT2D eigenvalue weighted by Gasteiger charge is -2.15. The lowest BCUT2D eigenvalue weighted by atomic mass is 10.1. The smallest absolute Gasteiger partial charge is 0.136 e. The molecule has 0 spiro atoms. The highest BCUT2D eigenvalue weighted by atomic mass is 16.5. The topological polar surface area (TPSA) is 61.8 Å². The Morgan fingerprint density at radius 3 is 2.19 bits per heavy atom. The number of rotatable bonds is 9. The molecule has 0 fully saturated rings. The largest absolute Gasteiger partial charge is 0.489 e. The minimum atomic E-state index is -0.0228. The summed E-state index contributed by atoms with van der Waals surface area (Å²) < 4.78 is 5.88. The standard InChI is InChI=1S/C22H22N2O3/c25-15-14-24(26)16-18-6-4-5-7-19(18)17-27-22-12-10-21(11-13-22)23-20-8-2-1-3-9-20/h1-13,15,23,26H,14,16-17H2. The van der Waals surface area contributed by atoms with Gasteiger partial charge in [0.2, 0.25) is 0 Å². The van der Waals surface area contributed by atoms with Crippen LogP contribution in [0.1, 0.15) is 11.1 Å². The van der Waals surface area contributed by atoms with Gasteiger partial charge in [0.1, 0.15) is 18.6 Å². The van der Waals surface area contributed by atoms with E-state index >= 15 is 0 Å². The monoisotopic (exact) mass is 362 g/mol. The summed E-state index contributed by atoms with van der Waals surface area (Å²) in [4.78, 5) is 10.5. The molecule has 0 amide bonds. The Morgan fingerprint density at radius 1 is 0.852 bits per heavy atom. The number of hydrogen-bond acceptors (Lipinski definition) is 5. The molecule has 0 unspecified atom stereocenters. The quantitative estimate of drug-likeness (QED) is 0.436. The predicted molar refractivity (Wildman–Crippen MR) is 105 cm³/mol. The van der Waals surface area contributed by atoms with Gasteiger partial charge in [0, 0.05) is 17.9 Å². The van der Waals surface area contributed by atoms with E-state index in [-0.39, 0.29) is 13.1 Å². The highest BCUT2D eigenvalue weighted by Gasteiger charge is 2.07. The van der Waals surface area contributed by atoms with E-state index in [1.807, 2.05) is 78.9 Å². The fourth-order valence-corrected chi connectivity index (χ4v) is 2.68. The number of ether oxygens (including phenoxy) is 1. The van der Waals surface area contributed by atoms with Crippen molar-refractivity contribution in [1.29, 1.82) is 0 Å². The molecule has 0 saturated heterocycles. The first-order chi connectivity index (χ1) is 13.2. The normalized spacial score (nSPS) is 10.6. The zero-order valence-corrected chi connectivity index (χ0v) is 14.9. The number of carbonyl (C=O) groups is 1. The zero-order valence-electron chi connectivity index (χ0n) is 14.9. The van der Waals surface area contributed by atoms with Crippen molar-refractivity contribution in [3.8, 4) is 5.75 Å². The minimum Gasteiger partial charge on any atom is -0.489 e. The first-order valence-electron chi connectivity index (χ1n) is 8.74. The van der Waals surface area contributed by atoms with Crippen LogP contribution in [0, 0.1) is 0 Å². The molecule has 3 aromatic rings. The molecule has 0 aliphatic carbocycles. The molecule has 0 atom stereocenters. The summed E-state index contributed by atoms with van der Waals surface area (Å²) in [7, 11) is 0. The van der Waals surface area contributed by atoms with E-state index < -0.39 is 0 Å². The third kappa shape index (κ3) is 5.67. The predicted octanol–water partition coefficient (Wildman–Crippen LogP) is 4.40. The molecule has 0 heterocycles. The molecule has 0 aliphatic rings. The second kappa shape index (κ2) is 9.52. The summed E-state index contributed by atoms with van der Waals surface area (Å²) in [5.41, 5.74) is 3.90. The van der Waals surface area contributed by atoms with Gasteiger partial charge < -0.3 is 20.1 Å². The van der Waals surface area contributed by atoms with E-state index in [1.54, 1.807) is 0 Å². The van der Waals surface area contributed by atoms with Gasteiger partial charge in [0.15, 0.2) is 0 Å². The molecule has 5 heteroatoms. The van der Waals surface area contributed by atoms with Gasteiger partial charge >= 0.3 is 0 Å². The Kier molecular flexibility index (Phi) is 6.57. The van der Waals surface area contributed by atoms with E-state index in [0.29, 0.717) is 12.9 Å². The minimum absolute atomic E-state index is 0.0228. The SMILES string of the molecule is O=CCN(O)Cc1ccccc1COc1ccc(Nc2ccccc2)cc1. The van der Waals surface area contributed by atoms with Crippen molar-refractivity contribution in [2.45, 2.75) is 13.2 Å². The Balaban J connectivity index is 1.59. The Hall–Kier alpha value is -3.15. The number of nitrogens with zero attached hydrogens (tertiary/aromatic N) is 1. The fourth-order valence-electron chi connectivity index (χ4n) is 2.68. The first kappa shape index (κ1) is 18.6. The second-order valence-electron chi connectivity index (χ2n) is 6.09. The van der Waals surface area contributed by atoms with Gasteiger partial charge in [0.25, 0.3) is 0 Å². The molecule has 0 aromatic heterocycles. The van der Waals surface area contributed by atoms with Crippen LogP contribution < -0.4 is 10.1 Å².